The van der Waals surface area contributed by atoms with Crippen molar-refractivity contribution in [3.05, 3.63) is 41.6 Å². The lowest BCUT2D eigenvalue weighted by Crippen LogP contribution is -2.56. The molecular formula is C16H14F3N3O3. The summed E-state index contributed by atoms with van der Waals surface area (Å²) in [5.74, 6) is -0.0693. The number of benzene rings is 1. The molecule has 0 aliphatic carbocycles. The van der Waals surface area contributed by atoms with Crippen molar-refractivity contribution in [1.82, 2.24) is 15.1 Å². The average molecular weight is 353 g/mol. The fourth-order valence-corrected chi connectivity index (χ4v) is 3.04. The van der Waals surface area contributed by atoms with Gasteiger partial charge in [-0.3, -0.25) is 4.79 Å². The van der Waals surface area contributed by atoms with Gasteiger partial charge in [0.15, 0.2) is 5.69 Å². The summed E-state index contributed by atoms with van der Waals surface area (Å²) < 4.78 is 51.9. The first-order chi connectivity index (χ1) is 11.9. The van der Waals surface area contributed by atoms with E-state index < -0.39 is 24.2 Å². The maximum absolute atomic E-state index is 13.4. The highest BCUT2D eigenvalue weighted by atomic mass is 19.4. The van der Waals surface area contributed by atoms with Crippen molar-refractivity contribution in [2.45, 2.75) is 31.3 Å². The number of ether oxygens (including phenoxy) is 2. The zero-order valence-electron chi connectivity index (χ0n) is 12.9. The summed E-state index contributed by atoms with van der Waals surface area (Å²) in [5.41, 5.74) is 0.637. The molecule has 3 heterocycles. The number of carbonyl (C=O) groups is 1. The van der Waals surface area contributed by atoms with E-state index in [0.717, 1.165) is 0 Å². The van der Waals surface area contributed by atoms with E-state index in [1.807, 2.05) is 0 Å². The van der Waals surface area contributed by atoms with Gasteiger partial charge in [-0.25, -0.2) is 4.68 Å². The highest BCUT2D eigenvalue weighted by Crippen LogP contribution is 2.35. The van der Waals surface area contributed by atoms with Crippen molar-refractivity contribution in [2.75, 3.05) is 6.61 Å². The van der Waals surface area contributed by atoms with Crippen molar-refractivity contribution >= 4 is 5.91 Å². The maximum Gasteiger partial charge on any atom is 0.427 e. The van der Waals surface area contributed by atoms with Crippen LogP contribution in [0, 0.1) is 0 Å². The SMILES string of the molecule is O=C(N[C@@H]1Cc2ccccc2O[C@H]1C(F)(F)F)c1cc2n(n1)CCO2. The molecule has 132 valence electrons. The standard InChI is InChI=1S/C16H14F3N3O3/c17-16(18,19)14-10(7-9-3-1-2-4-12(9)25-14)20-15(23)11-8-13-22(21-11)5-6-24-13/h1-4,8,10,14H,5-7H2,(H,20,23)/t10-,14-/m1/s1. The first kappa shape index (κ1) is 15.8. The Hall–Kier alpha value is -2.71. The van der Waals surface area contributed by atoms with Gasteiger partial charge in [0.25, 0.3) is 5.91 Å². The lowest BCUT2D eigenvalue weighted by molar-refractivity contribution is -0.205. The molecule has 0 unspecified atom stereocenters. The zero-order valence-corrected chi connectivity index (χ0v) is 12.9. The van der Waals surface area contributed by atoms with Gasteiger partial charge < -0.3 is 14.8 Å². The molecule has 4 rings (SSSR count). The van der Waals surface area contributed by atoms with E-state index in [2.05, 4.69) is 10.4 Å². The molecule has 1 aromatic heterocycles. The third-order valence-corrected chi connectivity index (χ3v) is 4.20. The molecule has 0 spiro atoms. The Morgan fingerprint density at radius 3 is 2.88 bits per heavy atom. The van der Waals surface area contributed by atoms with Crippen LogP contribution in [0.15, 0.2) is 30.3 Å². The second-order valence-corrected chi connectivity index (χ2v) is 5.91. The number of nitrogens with one attached hydrogen (secondary N) is 1. The first-order valence-corrected chi connectivity index (χ1v) is 7.74. The molecule has 2 aliphatic rings. The molecule has 1 amide bonds. The van der Waals surface area contributed by atoms with Gasteiger partial charge in [-0.1, -0.05) is 18.2 Å². The summed E-state index contributed by atoms with van der Waals surface area (Å²) in [5, 5.41) is 6.45. The molecule has 0 saturated heterocycles. The molecule has 1 N–H and O–H groups in total. The van der Waals surface area contributed by atoms with E-state index in [1.165, 1.54) is 16.8 Å². The summed E-state index contributed by atoms with van der Waals surface area (Å²) >= 11 is 0. The minimum atomic E-state index is -4.61. The summed E-state index contributed by atoms with van der Waals surface area (Å²) in [4.78, 5) is 12.3. The molecule has 2 atom stereocenters. The fraction of sp³-hybridized carbons (Fsp3) is 0.375. The third kappa shape index (κ3) is 2.90. The quantitative estimate of drug-likeness (QED) is 0.896. The van der Waals surface area contributed by atoms with E-state index in [1.54, 1.807) is 18.2 Å². The zero-order chi connectivity index (χ0) is 17.6. The van der Waals surface area contributed by atoms with Gasteiger partial charge in [0.05, 0.1) is 12.6 Å². The van der Waals surface area contributed by atoms with Crippen LogP contribution in [0.25, 0.3) is 0 Å². The van der Waals surface area contributed by atoms with Gasteiger partial charge in [-0.15, -0.1) is 0 Å². The lowest BCUT2D eigenvalue weighted by atomic mass is 9.96. The molecule has 0 saturated carbocycles. The number of para-hydroxylation sites is 1. The number of hydrogen-bond acceptors (Lipinski definition) is 4. The smallest absolute Gasteiger partial charge is 0.427 e. The van der Waals surface area contributed by atoms with E-state index in [0.29, 0.717) is 24.6 Å². The maximum atomic E-state index is 13.4. The van der Waals surface area contributed by atoms with E-state index in [9.17, 15) is 18.0 Å². The van der Waals surface area contributed by atoms with Crippen LogP contribution in [0.4, 0.5) is 13.2 Å². The highest BCUT2D eigenvalue weighted by molar-refractivity contribution is 5.92. The minimum Gasteiger partial charge on any atom is -0.478 e. The van der Waals surface area contributed by atoms with Gasteiger partial charge in [-0.2, -0.15) is 18.3 Å². The Kier molecular flexibility index (Phi) is 3.59. The number of nitrogens with zero attached hydrogens (tertiary/aromatic N) is 2. The summed E-state index contributed by atoms with van der Waals surface area (Å²) in [6, 6.07) is 6.68. The molecular weight excluding hydrogens is 339 g/mol. The number of alkyl halides is 3. The van der Waals surface area contributed by atoms with Crippen LogP contribution >= 0.6 is 0 Å². The van der Waals surface area contributed by atoms with Crippen molar-refractivity contribution in [2.24, 2.45) is 0 Å². The molecule has 2 aromatic rings. The van der Waals surface area contributed by atoms with E-state index >= 15 is 0 Å². The number of halogens is 3. The Bertz CT molecular complexity index is 797. The summed E-state index contributed by atoms with van der Waals surface area (Å²) in [6.07, 6.45) is -6.70. The van der Waals surface area contributed by atoms with Crippen LogP contribution in [-0.2, 0) is 13.0 Å². The van der Waals surface area contributed by atoms with Crippen LogP contribution < -0.4 is 14.8 Å². The Balaban J connectivity index is 1.57. The summed E-state index contributed by atoms with van der Waals surface area (Å²) in [7, 11) is 0. The van der Waals surface area contributed by atoms with Crippen LogP contribution in [0.2, 0.25) is 0 Å². The number of carbonyl (C=O) groups excluding carboxylic acids is 1. The van der Waals surface area contributed by atoms with Crippen molar-refractivity contribution in [3.8, 4) is 11.6 Å². The third-order valence-electron chi connectivity index (χ3n) is 4.20. The van der Waals surface area contributed by atoms with Gasteiger partial charge in [0, 0.05) is 12.5 Å². The van der Waals surface area contributed by atoms with Crippen molar-refractivity contribution in [3.63, 3.8) is 0 Å². The minimum absolute atomic E-state index is 0.0227. The van der Waals surface area contributed by atoms with Crippen LogP contribution in [0.3, 0.4) is 0 Å². The van der Waals surface area contributed by atoms with E-state index in [-0.39, 0.29) is 17.9 Å². The van der Waals surface area contributed by atoms with Crippen LogP contribution in [0.5, 0.6) is 11.6 Å². The molecule has 6 nitrogen and oxygen atoms in total. The number of aromatic nitrogens is 2. The normalized spacial score (nSPS) is 21.7. The van der Waals surface area contributed by atoms with Crippen molar-refractivity contribution < 1.29 is 27.4 Å². The Morgan fingerprint density at radius 1 is 1.32 bits per heavy atom. The first-order valence-electron chi connectivity index (χ1n) is 7.74. The Labute approximate surface area is 140 Å². The molecule has 9 heteroatoms. The second kappa shape index (κ2) is 5.68. The predicted octanol–water partition coefficient (Wildman–Crippen LogP) is 1.94. The molecule has 25 heavy (non-hydrogen) atoms. The molecule has 0 fully saturated rings. The highest BCUT2D eigenvalue weighted by Gasteiger charge is 2.50. The predicted molar refractivity (Wildman–Crippen MR) is 79.6 cm³/mol. The average Bonchev–Trinajstić information content (AvgIpc) is 3.14. The van der Waals surface area contributed by atoms with Crippen molar-refractivity contribution in [1.29, 1.82) is 0 Å². The van der Waals surface area contributed by atoms with Gasteiger partial charge in [0.1, 0.15) is 12.4 Å². The van der Waals surface area contributed by atoms with Gasteiger partial charge in [-0.05, 0) is 11.6 Å². The summed E-state index contributed by atoms with van der Waals surface area (Å²) in [6.45, 7) is 0.974. The van der Waals surface area contributed by atoms with E-state index in [4.69, 9.17) is 9.47 Å². The molecule has 0 bridgehead atoms. The Morgan fingerprint density at radius 2 is 2.12 bits per heavy atom. The van der Waals surface area contributed by atoms with Gasteiger partial charge >= 0.3 is 6.18 Å². The van der Waals surface area contributed by atoms with Gasteiger partial charge in [0.2, 0.25) is 12.0 Å². The number of rotatable bonds is 2. The molecule has 0 radical (unpaired) electrons. The van der Waals surface area contributed by atoms with Crippen LogP contribution in [0.1, 0.15) is 16.1 Å². The second-order valence-electron chi connectivity index (χ2n) is 5.91. The van der Waals surface area contributed by atoms with Crippen LogP contribution in [-0.4, -0.2) is 40.6 Å². The number of fused-ring (bicyclic) bond motifs is 2. The molecule has 2 aliphatic heterocycles. The molecule has 1 aromatic carbocycles. The number of hydrogen-bond donors (Lipinski definition) is 1. The lowest BCUT2D eigenvalue weighted by Gasteiger charge is -2.34. The fourth-order valence-electron chi connectivity index (χ4n) is 3.04. The topological polar surface area (TPSA) is 65.4 Å². The largest absolute Gasteiger partial charge is 0.478 e. The number of amides is 1. The monoisotopic (exact) mass is 353 g/mol.